The third-order valence-electron chi connectivity index (χ3n) is 1.13. The first-order chi connectivity index (χ1) is 4.91. The molecule has 0 saturated heterocycles. The molecule has 0 atom stereocenters. The third kappa shape index (κ3) is 8.14. The molecule has 60 valence electrons. The van der Waals surface area contributed by atoms with Crippen molar-refractivity contribution in [1.29, 1.82) is 0 Å². The quantitative estimate of drug-likeness (QED) is 0.443. The second-order valence-electron chi connectivity index (χ2n) is 2.03. The first-order valence-electron chi connectivity index (χ1n) is 3.97. The van der Waals surface area contributed by atoms with E-state index in [9.17, 15) is 0 Å². The van der Waals surface area contributed by atoms with Gasteiger partial charge in [0.15, 0.2) is 0 Å². The average Bonchev–Trinajstić information content (AvgIpc) is 1.97. The highest BCUT2D eigenvalue weighted by molar-refractivity contribution is 6.26. The van der Waals surface area contributed by atoms with Crippen molar-refractivity contribution in [2.45, 2.75) is 26.3 Å². The molecule has 0 rings (SSSR count). The van der Waals surface area contributed by atoms with Crippen molar-refractivity contribution in [2.75, 3.05) is 19.7 Å². The van der Waals surface area contributed by atoms with E-state index in [0.29, 0.717) is 9.76 Å². The molecule has 0 aromatic rings. The van der Waals surface area contributed by atoms with Crippen molar-refractivity contribution >= 4 is 9.76 Å². The van der Waals surface area contributed by atoms with Gasteiger partial charge in [-0.05, 0) is 32.5 Å². The molecular formula is C7H17NOSi. The van der Waals surface area contributed by atoms with E-state index >= 15 is 0 Å². The number of rotatable bonds is 7. The average molecular weight is 159 g/mol. The summed E-state index contributed by atoms with van der Waals surface area (Å²) in [6.45, 7) is 7.25. The molecular weight excluding hydrogens is 142 g/mol. The molecule has 10 heavy (non-hydrogen) atoms. The van der Waals surface area contributed by atoms with E-state index in [1.165, 1.54) is 12.5 Å². The lowest BCUT2D eigenvalue weighted by molar-refractivity contribution is 0.359. The van der Waals surface area contributed by atoms with E-state index in [1.807, 2.05) is 6.92 Å². The largest absolute Gasteiger partial charge is 0.418 e. The van der Waals surface area contributed by atoms with Gasteiger partial charge in [0.2, 0.25) is 9.76 Å². The molecule has 0 aromatic heterocycles. The summed E-state index contributed by atoms with van der Waals surface area (Å²) < 4.78 is 5.21. The van der Waals surface area contributed by atoms with Crippen LogP contribution in [0.15, 0.2) is 0 Å². The van der Waals surface area contributed by atoms with Crippen LogP contribution >= 0.6 is 0 Å². The lowest BCUT2D eigenvalue weighted by atomic mass is 10.5. The summed E-state index contributed by atoms with van der Waals surface area (Å²) in [5.74, 6) is 0. The van der Waals surface area contributed by atoms with Crippen molar-refractivity contribution in [1.82, 2.24) is 5.32 Å². The predicted octanol–water partition coefficient (Wildman–Crippen LogP) is 1.06. The summed E-state index contributed by atoms with van der Waals surface area (Å²) in [6, 6.07) is 1.21. The first-order valence-corrected chi connectivity index (χ1v) is 5.08. The Morgan fingerprint density at radius 2 is 2.20 bits per heavy atom. The van der Waals surface area contributed by atoms with Crippen molar-refractivity contribution < 1.29 is 4.43 Å². The van der Waals surface area contributed by atoms with Gasteiger partial charge in [-0.2, -0.15) is 0 Å². The Bertz CT molecular complexity index is 53.6. The Kier molecular flexibility index (Phi) is 9.26. The normalized spacial score (nSPS) is 10.2. The van der Waals surface area contributed by atoms with Crippen molar-refractivity contribution in [3.63, 3.8) is 0 Å². The van der Waals surface area contributed by atoms with Crippen LogP contribution in [0.3, 0.4) is 0 Å². The number of hydrogen-bond donors (Lipinski definition) is 1. The molecule has 0 amide bonds. The van der Waals surface area contributed by atoms with Gasteiger partial charge < -0.3 is 9.74 Å². The van der Waals surface area contributed by atoms with Gasteiger partial charge in [-0.15, -0.1) is 0 Å². The van der Waals surface area contributed by atoms with E-state index in [0.717, 1.165) is 19.7 Å². The Balaban J connectivity index is 2.65. The minimum atomic E-state index is 0.704. The van der Waals surface area contributed by atoms with E-state index in [1.54, 1.807) is 0 Å². The van der Waals surface area contributed by atoms with Gasteiger partial charge in [-0.25, -0.2) is 0 Å². The summed E-state index contributed by atoms with van der Waals surface area (Å²) >= 11 is 0. The summed E-state index contributed by atoms with van der Waals surface area (Å²) in [5, 5.41) is 3.27. The van der Waals surface area contributed by atoms with E-state index in [-0.39, 0.29) is 0 Å². The molecule has 0 heterocycles. The Hall–Kier alpha value is 0.137. The smallest absolute Gasteiger partial charge is 0.229 e. The van der Waals surface area contributed by atoms with Gasteiger partial charge >= 0.3 is 0 Å². The van der Waals surface area contributed by atoms with Gasteiger partial charge in [-0.3, -0.25) is 0 Å². The Morgan fingerprint density at radius 3 is 2.80 bits per heavy atom. The molecule has 0 aliphatic rings. The predicted molar refractivity (Wildman–Crippen MR) is 45.3 cm³/mol. The van der Waals surface area contributed by atoms with Crippen LogP contribution in [0.5, 0.6) is 0 Å². The van der Waals surface area contributed by atoms with Crippen molar-refractivity contribution in [2.24, 2.45) is 0 Å². The highest BCUT2D eigenvalue weighted by atomic mass is 28.2. The maximum atomic E-state index is 5.21. The Morgan fingerprint density at radius 1 is 1.40 bits per heavy atom. The Labute approximate surface area is 66.3 Å². The zero-order chi connectivity index (χ0) is 7.66. The van der Waals surface area contributed by atoms with Crippen LogP contribution in [0.25, 0.3) is 0 Å². The van der Waals surface area contributed by atoms with Crippen LogP contribution in [0.1, 0.15) is 20.3 Å². The van der Waals surface area contributed by atoms with Crippen LogP contribution in [0.2, 0.25) is 6.04 Å². The standard InChI is InChI=1S/C7H17NOSi/c1-3-8-6-5-7-10-9-4-2/h8H,3-7H2,1-2H3. The zero-order valence-corrected chi connectivity index (χ0v) is 7.94. The SMILES string of the molecule is CCNCCC[Si]OCC. The van der Waals surface area contributed by atoms with Gasteiger partial charge in [0, 0.05) is 6.61 Å². The summed E-state index contributed by atoms with van der Waals surface area (Å²) in [6.07, 6.45) is 1.24. The minimum absolute atomic E-state index is 0.704. The number of nitrogens with one attached hydrogen (secondary N) is 1. The molecule has 0 unspecified atom stereocenters. The molecule has 0 aliphatic heterocycles. The molecule has 0 saturated carbocycles. The lowest BCUT2D eigenvalue weighted by Crippen LogP contribution is -2.14. The van der Waals surface area contributed by atoms with E-state index < -0.39 is 0 Å². The fraction of sp³-hybridized carbons (Fsp3) is 1.00. The summed E-state index contributed by atoms with van der Waals surface area (Å²) in [7, 11) is 0.704. The lowest BCUT2D eigenvalue weighted by Gasteiger charge is -1.99. The van der Waals surface area contributed by atoms with Gasteiger partial charge in [0.05, 0.1) is 0 Å². The molecule has 3 heteroatoms. The van der Waals surface area contributed by atoms with Crippen molar-refractivity contribution in [3.05, 3.63) is 0 Å². The van der Waals surface area contributed by atoms with Gasteiger partial charge in [-0.1, -0.05) is 6.92 Å². The molecule has 0 fully saturated rings. The van der Waals surface area contributed by atoms with Crippen LogP contribution in [-0.2, 0) is 4.43 Å². The fourth-order valence-corrected chi connectivity index (χ4v) is 1.31. The maximum absolute atomic E-state index is 5.21. The molecule has 2 nitrogen and oxygen atoms in total. The van der Waals surface area contributed by atoms with E-state index in [4.69, 9.17) is 4.43 Å². The highest BCUT2D eigenvalue weighted by Gasteiger charge is 1.89. The fourth-order valence-electron chi connectivity index (χ4n) is 0.637. The van der Waals surface area contributed by atoms with Gasteiger partial charge in [0.1, 0.15) is 0 Å². The minimum Gasteiger partial charge on any atom is -0.418 e. The topological polar surface area (TPSA) is 21.3 Å². The molecule has 0 aliphatic carbocycles. The summed E-state index contributed by atoms with van der Waals surface area (Å²) in [5.41, 5.74) is 0. The molecule has 1 N–H and O–H groups in total. The summed E-state index contributed by atoms with van der Waals surface area (Å²) in [4.78, 5) is 0. The number of hydrogen-bond acceptors (Lipinski definition) is 2. The van der Waals surface area contributed by atoms with Gasteiger partial charge in [0.25, 0.3) is 0 Å². The second kappa shape index (κ2) is 9.14. The van der Waals surface area contributed by atoms with Crippen LogP contribution in [-0.4, -0.2) is 29.5 Å². The monoisotopic (exact) mass is 159 g/mol. The van der Waals surface area contributed by atoms with Crippen LogP contribution < -0.4 is 5.32 Å². The second-order valence-corrected chi connectivity index (χ2v) is 3.11. The van der Waals surface area contributed by atoms with Crippen molar-refractivity contribution in [3.8, 4) is 0 Å². The van der Waals surface area contributed by atoms with Crippen LogP contribution in [0.4, 0.5) is 0 Å². The first kappa shape index (κ1) is 10.1. The molecule has 0 spiro atoms. The molecule has 0 aromatic carbocycles. The molecule has 2 radical (unpaired) electrons. The maximum Gasteiger partial charge on any atom is 0.229 e. The van der Waals surface area contributed by atoms with Crippen LogP contribution in [0, 0.1) is 0 Å². The molecule has 0 bridgehead atoms. The third-order valence-corrected chi connectivity index (χ3v) is 2.18. The van der Waals surface area contributed by atoms with E-state index in [2.05, 4.69) is 12.2 Å². The highest BCUT2D eigenvalue weighted by Crippen LogP contribution is 1.86. The zero-order valence-electron chi connectivity index (χ0n) is 6.94.